The highest BCUT2D eigenvalue weighted by molar-refractivity contribution is 5.87. The van der Waals surface area contributed by atoms with E-state index in [9.17, 15) is 28.8 Å². The molecule has 0 fully saturated rings. The second kappa shape index (κ2) is 15.2. The number of nitrogens with zero attached hydrogens (tertiary/aromatic N) is 3. The number of unbranched alkanes of at least 4 members (excludes halogenated alkanes) is 1. The summed E-state index contributed by atoms with van der Waals surface area (Å²) in [6, 6.07) is 0. The van der Waals surface area contributed by atoms with Crippen LogP contribution in [0.2, 0.25) is 0 Å². The fourth-order valence-corrected chi connectivity index (χ4v) is 2.94. The summed E-state index contributed by atoms with van der Waals surface area (Å²) in [7, 11) is 0. The molecule has 0 spiro atoms. The van der Waals surface area contributed by atoms with Gasteiger partial charge in [0.2, 0.25) is 0 Å². The molecule has 204 valence electrons. The predicted octanol–water partition coefficient (Wildman–Crippen LogP) is 1.09. The molecule has 0 atom stereocenters. The van der Waals surface area contributed by atoms with Crippen LogP contribution in [-0.4, -0.2) is 51.4 Å². The zero-order valence-electron chi connectivity index (χ0n) is 21.7. The summed E-state index contributed by atoms with van der Waals surface area (Å²) >= 11 is 0. The number of esters is 3. The normalized spacial score (nSPS) is 10.5. The predicted molar refractivity (Wildman–Crippen MR) is 135 cm³/mol. The number of carbonyl (C=O) groups is 3. The molecule has 0 aromatic carbocycles. The summed E-state index contributed by atoms with van der Waals surface area (Å²) in [5, 5.41) is 0. The Bertz CT molecular complexity index is 1140. The minimum atomic E-state index is -0.820. The molecule has 12 heteroatoms. The molecule has 37 heavy (non-hydrogen) atoms. The molecular weight excluding hydrogens is 486 g/mol. The first-order chi connectivity index (χ1) is 17.4. The Hall–Kier alpha value is -3.96. The third kappa shape index (κ3) is 9.90. The highest BCUT2D eigenvalue weighted by Gasteiger charge is 2.16. The van der Waals surface area contributed by atoms with Crippen LogP contribution in [0.4, 0.5) is 0 Å². The first kappa shape index (κ1) is 31.1. The summed E-state index contributed by atoms with van der Waals surface area (Å²) in [6.45, 7) is 14.7. The van der Waals surface area contributed by atoms with E-state index < -0.39 is 35.0 Å². The number of hydrogen-bond donors (Lipinski definition) is 0. The van der Waals surface area contributed by atoms with E-state index in [0.717, 1.165) is 13.7 Å². The summed E-state index contributed by atoms with van der Waals surface area (Å²) in [5.74, 6) is -1.72. The molecule has 0 aliphatic carbocycles. The van der Waals surface area contributed by atoms with E-state index in [1.807, 2.05) is 0 Å². The summed E-state index contributed by atoms with van der Waals surface area (Å²) in [5.41, 5.74) is -1.73. The van der Waals surface area contributed by atoms with Gasteiger partial charge in [-0.15, -0.1) is 0 Å². The summed E-state index contributed by atoms with van der Waals surface area (Å²) in [6.07, 6.45) is 1.000. The van der Waals surface area contributed by atoms with Crippen molar-refractivity contribution in [2.75, 3.05) is 19.8 Å². The van der Waals surface area contributed by atoms with Gasteiger partial charge in [0.1, 0.15) is 0 Å². The van der Waals surface area contributed by atoms with Crippen LogP contribution in [0.1, 0.15) is 46.5 Å². The Morgan fingerprint density at radius 3 is 1.11 bits per heavy atom. The molecule has 1 rings (SSSR count). The van der Waals surface area contributed by atoms with Gasteiger partial charge in [-0.05, 0) is 46.5 Å². The van der Waals surface area contributed by atoms with Crippen molar-refractivity contribution < 1.29 is 28.6 Å². The van der Waals surface area contributed by atoms with E-state index in [0.29, 0.717) is 12.8 Å². The van der Waals surface area contributed by atoms with Gasteiger partial charge in [-0.3, -0.25) is 0 Å². The monoisotopic (exact) mass is 521 g/mol. The van der Waals surface area contributed by atoms with Crippen molar-refractivity contribution in [3.63, 3.8) is 0 Å². The molecule has 0 aliphatic rings. The Labute approximate surface area is 214 Å². The van der Waals surface area contributed by atoms with E-state index in [-0.39, 0.29) is 69.0 Å². The molecule has 0 bridgehead atoms. The SMILES string of the molecule is C=C(C)C(=O)OCCCCn1c(=O)n(CCCOC(=O)C(=C)C)c(=O)n(CCCOC(=O)C(=C)C)c1=O. The van der Waals surface area contributed by atoms with E-state index in [1.165, 1.54) is 20.8 Å². The summed E-state index contributed by atoms with van der Waals surface area (Å²) < 4.78 is 17.8. The van der Waals surface area contributed by atoms with Gasteiger partial charge >= 0.3 is 35.0 Å². The number of aromatic nitrogens is 3. The first-order valence-corrected chi connectivity index (χ1v) is 11.8. The van der Waals surface area contributed by atoms with Crippen LogP contribution in [0.5, 0.6) is 0 Å². The molecule has 0 saturated carbocycles. The molecule has 0 aliphatic heterocycles. The van der Waals surface area contributed by atoms with Crippen molar-refractivity contribution in [3.05, 3.63) is 67.9 Å². The van der Waals surface area contributed by atoms with Gasteiger partial charge in [0, 0.05) is 36.4 Å². The summed E-state index contributed by atoms with van der Waals surface area (Å²) in [4.78, 5) is 73.5. The lowest BCUT2D eigenvalue weighted by molar-refractivity contribution is -0.140. The number of carbonyl (C=O) groups excluding carboxylic acids is 3. The lowest BCUT2D eigenvalue weighted by Crippen LogP contribution is -2.54. The quantitative estimate of drug-likeness (QED) is 0.135. The number of rotatable bonds is 16. The van der Waals surface area contributed by atoms with Crippen molar-refractivity contribution in [2.45, 2.75) is 66.1 Å². The lowest BCUT2D eigenvalue weighted by Gasteiger charge is -2.14. The zero-order chi connectivity index (χ0) is 28.1. The third-order valence-electron chi connectivity index (χ3n) is 4.96. The Balaban J connectivity index is 3.05. The van der Waals surface area contributed by atoms with Gasteiger partial charge in [-0.2, -0.15) is 0 Å². The topological polar surface area (TPSA) is 145 Å². The van der Waals surface area contributed by atoms with E-state index in [1.54, 1.807) is 0 Å². The van der Waals surface area contributed by atoms with E-state index in [2.05, 4.69) is 19.7 Å². The maximum Gasteiger partial charge on any atom is 0.336 e. The minimum absolute atomic E-state index is 0.0160. The van der Waals surface area contributed by atoms with Crippen molar-refractivity contribution >= 4 is 17.9 Å². The van der Waals surface area contributed by atoms with Crippen LogP contribution in [-0.2, 0) is 48.2 Å². The first-order valence-electron chi connectivity index (χ1n) is 11.8. The Morgan fingerprint density at radius 1 is 0.541 bits per heavy atom. The lowest BCUT2D eigenvalue weighted by atomic mass is 10.3. The largest absolute Gasteiger partial charge is 0.462 e. The van der Waals surface area contributed by atoms with Gasteiger partial charge in [-0.25, -0.2) is 42.5 Å². The average Bonchev–Trinajstić information content (AvgIpc) is 2.83. The molecule has 0 amide bonds. The molecule has 0 radical (unpaired) electrons. The Kier molecular flexibility index (Phi) is 12.8. The second-order valence-corrected chi connectivity index (χ2v) is 8.47. The number of hydrogen-bond acceptors (Lipinski definition) is 9. The van der Waals surface area contributed by atoms with E-state index in [4.69, 9.17) is 14.2 Å². The molecule has 1 heterocycles. The van der Waals surface area contributed by atoms with E-state index >= 15 is 0 Å². The maximum atomic E-state index is 13.0. The molecule has 1 aromatic rings. The Morgan fingerprint density at radius 2 is 0.811 bits per heavy atom. The third-order valence-corrected chi connectivity index (χ3v) is 4.96. The van der Waals surface area contributed by atoms with Crippen LogP contribution in [0.15, 0.2) is 50.8 Å². The molecule has 12 nitrogen and oxygen atoms in total. The molecule has 0 unspecified atom stereocenters. The highest BCUT2D eigenvalue weighted by atomic mass is 16.5. The van der Waals surface area contributed by atoms with Crippen LogP contribution >= 0.6 is 0 Å². The smallest absolute Gasteiger partial charge is 0.336 e. The van der Waals surface area contributed by atoms with Gasteiger partial charge in [0.15, 0.2) is 0 Å². The second-order valence-electron chi connectivity index (χ2n) is 8.47. The molecule has 1 aromatic heterocycles. The van der Waals surface area contributed by atoms with Crippen LogP contribution in [0.3, 0.4) is 0 Å². The molecule has 0 saturated heterocycles. The standard InChI is InChI=1S/C25H35N3O9/c1-17(2)20(29)35-14-8-7-11-26-23(32)27(12-9-15-36-21(30)18(3)4)25(34)28(24(26)33)13-10-16-37-22(31)19(5)6/h1,3,5,7-16H2,2,4,6H3. The van der Waals surface area contributed by atoms with Crippen molar-refractivity contribution in [1.82, 2.24) is 13.7 Å². The average molecular weight is 522 g/mol. The van der Waals surface area contributed by atoms with Gasteiger partial charge in [-0.1, -0.05) is 19.7 Å². The minimum Gasteiger partial charge on any atom is -0.462 e. The molecule has 0 N–H and O–H groups in total. The van der Waals surface area contributed by atoms with Crippen molar-refractivity contribution in [1.29, 1.82) is 0 Å². The van der Waals surface area contributed by atoms with Crippen molar-refractivity contribution in [3.8, 4) is 0 Å². The molecular formula is C25H35N3O9. The number of ether oxygens (including phenoxy) is 3. The fraction of sp³-hybridized carbons (Fsp3) is 0.520. The van der Waals surface area contributed by atoms with Crippen LogP contribution < -0.4 is 17.1 Å². The fourth-order valence-electron chi connectivity index (χ4n) is 2.94. The zero-order valence-corrected chi connectivity index (χ0v) is 21.7. The van der Waals surface area contributed by atoms with Gasteiger partial charge < -0.3 is 14.2 Å². The highest BCUT2D eigenvalue weighted by Crippen LogP contribution is 1.98. The maximum absolute atomic E-state index is 13.0. The van der Waals surface area contributed by atoms with Crippen LogP contribution in [0, 0.1) is 0 Å². The van der Waals surface area contributed by atoms with Gasteiger partial charge in [0.05, 0.1) is 19.8 Å². The van der Waals surface area contributed by atoms with Crippen molar-refractivity contribution in [2.24, 2.45) is 0 Å². The van der Waals surface area contributed by atoms with Gasteiger partial charge in [0.25, 0.3) is 0 Å². The van der Waals surface area contributed by atoms with Crippen LogP contribution in [0.25, 0.3) is 0 Å².